The van der Waals surface area contributed by atoms with E-state index in [4.69, 9.17) is 4.74 Å². The molecule has 2 aromatic rings. The van der Waals surface area contributed by atoms with Gasteiger partial charge in [-0.05, 0) is 43.2 Å². The topological polar surface area (TPSA) is 9.23 Å². The summed E-state index contributed by atoms with van der Waals surface area (Å²) in [5.74, 6) is 0.929. The van der Waals surface area contributed by atoms with E-state index in [0.717, 1.165) is 10.6 Å². The molecular formula is C15H16OS. The molecule has 0 aromatic heterocycles. The Hall–Kier alpha value is -1.41. The molecule has 17 heavy (non-hydrogen) atoms. The summed E-state index contributed by atoms with van der Waals surface area (Å²) in [6.45, 7) is 4.25. The van der Waals surface area contributed by atoms with Crippen molar-refractivity contribution >= 4 is 11.8 Å². The van der Waals surface area contributed by atoms with Crippen molar-refractivity contribution < 1.29 is 4.74 Å². The Morgan fingerprint density at radius 3 is 2.47 bits per heavy atom. The number of ether oxygens (including phenoxy) is 1. The van der Waals surface area contributed by atoms with Crippen LogP contribution in [0.2, 0.25) is 0 Å². The maximum atomic E-state index is 5.37. The second-order valence-corrected chi connectivity index (χ2v) is 5.11. The van der Waals surface area contributed by atoms with Crippen LogP contribution in [0.4, 0.5) is 0 Å². The largest absolute Gasteiger partial charge is 0.496 e. The Bertz CT molecular complexity index is 520. The molecule has 0 N–H and O–H groups in total. The van der Waals surface area contributed by atoms with Crippen LogP contribution in [0.25, 0.3) is 0 Å². The van der Waals surface area contributed by atoms with E-state index in [0.29, 0.717) is 0 Å². The first kappa shape index (κ1) is 12.1. The van der Waals surface area contributed by atoms with Crippen LogP contribution in [0.1, 0.15) is 11.1 Å². The van der Waals surface area contributed by atoms with Crippen LogP contribution < -0.4 is 4.74 Å². The molecule has 2 heteroatoms. The number of rotatable bonds is 3. The van der Waals surface area contributed by atoms with E-state index in [1.54, 1.807) is 18.9 Å². The smallest absolute Gasteiger partial charge is 0.132 e. The fourth-order valence-electron chi connectivity index (χ4n) is 1.64. The van der Waals surface area contributed by atoms with Crippen molar-refractivity contribution in [1.82, 2.24) is 0 Å². The first-order valence-corrected chi connectivity index (χ1v) is 6.40. The number of para-hydroxylation sites is 1. The van der Waals surface area contributed by atoms with Crippen molar-refractivity contribution in [3.05, 3.63) is 53.6 Å². The Kier molecular flexibility index (Phi) is 3.75. The van der Waals surface area contributed by atoms with Crippen molar-refractivity contribution in [1.29, 1.82) is 0 Å². The van der Waals surface area contributed by atoms with Gasteiger partial charge in [-0.1, -0.05) is 36.0 Å². The summed E-state index contributed by atoms with van der Waals surface area (Å²) in [6.07, 6.45) is 0. The average molecular weight is 244 g/mol. The van der Waals surface area contributed by atoms with E-state index in [2.05, 4.69) is 38.1 Å². The first-order valence-electron chi connectivity index (χ1n) is 5.59. The molecule has 0 saturated carbocycles. The van der Waals surface area contributed by atoms with Crippen molar-refractivity contribution in [3.63, 3.8) is 0 Å². The van der Waals surface area contributed by atoms with Crippen LogP contribution >= 0.6 is 11.8 Å². The molecule has 0 spiro atoms. The van der Waals surface area contributed by atoms with Gasteiger partial charge in [-0.15, -0.1) is 0 Å². The minimum absolute atomic E-state index is 0.929. The summed E-state index contributed by atoms with van der Waals surface area (Å²) in [5.41, 5.74) is 2.58. The zero-order valence-electron chi connectivity index (χ0n) is 10.4. The monoisotopic (exact) mass is 244 g/mol. The van der Waals surface area contributed by atoms with E-state index in [1.165, 1.54) is 16.0 Å². The minimum Gasteiger partial charge on any atom is -0.496 e. The molecule has 88 valence electrons. The van der Waals surface area contributed by atoms with Gasteiger partial charge >= 0.3 is 0 Å². The van der Waals surface area contributed by atoms with Crippen LogP contribution in [-0.4, -0.2) is 7.11 Å². The summed E-state index contributed by atoms with van der Waals surface area (Å²) in [7, 11) is 1.71. The molecule has 1 nitrogen and oxygen atoms in total. The first-order chi connectivity index (χ1) is 8.20. The molecule has 0 aliphatic rings. The van der Waals surface area contributed by atoms with Crippen LogP contribution in [0, 0.1) is 13.8 Å². The van der Waals surface area contributed by atoms with Gasteiger partial charge < -0.3 is 4.74 Å². The van der Waals surface area contributed by atoms with Crippen molar-refractivity contribution in [2.45, 2.75) is 23.6 Å². The van der Waals surface area contributed by atoms with Crippen molar-refractivity contribution in [2.75, 3.05) is 7.11 Å². The van der Waals surface area contributed by atoms with Gasteiger partial charge in [0.25, 0.3) is 0 Å². The fourth-order valence-corrected chi connectivity index (χ4v) is 2.75. The van der Waals surface area contributed by atoms with Crippen LogP contribution in [-0.2, 0) is 0 Å². The third-order valence-electron chi connectivity index (χ3n) is 2.63. The van der Waals surface area contributed by atoms with Gasteiger partial charge in [0, 0.05) is 4.90 Å². The average Bonchev–Trinajstić information content (AvgIpc) is 2.34. The predicted octanol–water partition coefficient (Wildman–Crippen LogP) is 4.46. The Morgan fingerprint density at radius 2 is 1.71 bits per heavy atom. The lowest BCUT2D eigenvalue weighted by molar-refractivity contribution is 0.405. The van der Waals surface area contributed by atoms with Crippen LogP contribution in [0.5, 0.6) is 5.75 Å². The summed E-state index contributed by atoms with van der Waals surface area (Å²) in [5, 5.41) is 0. The molecule has 0 radical (unpaired) electrons. The van der Waals surface area contributed by atoms with Crippen molar-refractivity contribution in [2.24, 2.45) is 0 Å². The molecule has 0 aliphatic heterocycles. The fraction of sp³-hybridized carbons (Fsp3) is 0.200. The van der Waals surface area contributed by atoms with E-state index >= 15 is 0 Å². The molecule has 0 heterocycles. The lowest BCUT2D eigenvalue weighted by Gasteiger charge is -2.10. The van der Waals surface area contributed by atoms with Gasteiger partial charge in [0.2, 0.25) is 0 Å². The third kappa shape index (κ3) is 2.83. The van der Waals surface area contributed by atoms with Crippen LogP contribution in [0.3, 0.4) is 0 Å². The molecule has 0 amide bonds. The zero-order chi connectivity index (χ0) is 12.3. The highest BCUT2D eigenvalue weighted by atomic mass is 32.2. The Balaban J connectivity index is 2.34. The SMILES string of the molecule is COc1ccccc1Sc1cc(C)ccc1C. The summed E-state index contributed by atoms with van der Waals surface area (Å²) >= 11 is 1.75. The number of hydrogen-bond acceptors (Lipinski definition) is 2. The van der Waals surface area contributed by atoms with Gasteiger partial charge in [-0.25, -0.2) is 0 Å². The standard InChI is InChI=1S/C15H16OS/c1-11-8-9-12(2)15(10-11)17-14-7-5-4-6-13(14)16-3/h4-10H,1-3H3. The number of benzene rings is 2. The van der Waals surface area contributed by atoms with Gasteiger partial charge in [0.05, 0.1) is 12.0 Å². The summed E-state index contributed by atoms with van der Waals surface area (Å²) < 4.78 is 5.37. The summed E-state index contributed by atoms with van der Waals surface area (Å²) in [4.78, 5) is 2.44. The van der Waals surface area contributed by atoms with Crippen LogP contribution in [0.15, 0.2) is 52.3 Å². The second kappa shape index (κ2) is 5.28. The Labute approximate surface area is 107 Å². The Morgan fingerprint density at radius 1 is 0.941 bits per heavy atom. The van der Waals surface area contributed by atoms with Gasteiger partial charge in [-0.3, -0.25) is 0 Å². The maximum Gasteiger partial charge on any atom is 0.132 e. The number of aryl methyl sites for hydroxylation is 2. The quantitative estimate of drug-likeness (QED) is 0.788. The molecule has 0 bridgehead atoms. The van der Waals surface area contributed by atoms with Gasteiger partial charge in [0.1, 0.15) is 5.75 Å². The minimum atomic E-state index is 0.929. The van der Waals surface area contributed by atoms with Crippen molar-refractivity contribution in [3.8, 4) is 5.75 Å². The van der Waals surface area contributed by atoms with Gasteiger partial charge in [0.15, 0.2) is 0 Å². The van der Waals surface area contributed by atoms with E-state index < -0.39 is 0 Å². The molecule has 0 atom stereocenters. The molecule has 0 aliphatic carbocycles. The van der Waals surface area contributed by atoms with E-state index in [1.807, 2.05) is 18.2 Å². The lowest BCUT2D eigenvalue weighted by Crippen LogP contribution is -1.87. The highest BCUT2D eigenvalue weighted by Crippen LogP contribution is 2.36. The molecule has 2 rings (SSSR count). The molecular weight excluding hydrogens is 228 g/mol. The van der Waals surface area contributed by atoms with E-state index in [-0.39, 0.29) is 0 Å². The number of hydrogen-bond donors (Lipinski definition) is 0. The molecule has 0 saturated heterocycles. The molecule has 0 fully saturated rings. The second-order valence-electron chi connectivity index (χ2n) is 4.02. The predicted molar refractivity (Wildman–Crippen MR) is 73.0 cm³/mol. The molecule has 0 unspecified atom stereocenters. The highest BCUT2D eigenvalue weighted by molar-refractivity contribution is 7.99. The third-order valence-corrected chi connectivity index (χ3v) is 3.85. The maximum absolute atomic E-state index is 5.37. The number of methoxy groups -OCH3 is 1. The lowest BCUT2D eigenvalue weighted by atomic mass is 10.2. The zero-order valence-corrected chi connectivity index (χ0v) is 11.2. The molecule has 2 aromatic carbocycles. The summed E-state index contributed by atoms with van der Waals surface area (Å²) in [6, 6.07) is 14.6. The normalized spacial score (nSPS) is 10.3. The van der Waals surface area contributed by atoms with Gasteiger partial charge in [-0.2, -0.15) is 0 Å². The highest BCUT2D eigenvalue weighted by Gasteiger charge is 2.06. The van der Waals surface area contributed by atoms with E-state index in [9.17, 15) is 0 Å².